The van der Waals surface area contributed by atoms with Crippen molar-refractivity contribution in [3.63, 3.8) is 0 Å². The van der Waals surface area contributed by atoms with Crippen molar-refractivity contribution in [3.8, 4) is 11.5 Å². The van der Waals surface area contributed by atoms with E-state index in [1.165, 1.54) is 45.6 Å². The second-order valence-electron chi connectivity index (χ2n) is 6.75. The van der Waals surface area contributed by atoms with Crippen LogP contribution in [0, 0.1) is 17.8 Å². The van der Waals surface area contributed by atoms with E-state index in [0.717, 1.165) is 12.3 Å². The van der Waals surface area contributed by atoms with Crippen LogP contribution in [0.1, 0.15) is 42.5 Å². The van der Waals surface area contributed by atoms with Crippen LogP contribution in [0.3, 0.4) is 0 Å². The fraction of sp³-hybridized carbons (Fsp3) is 0.556. The van der Waals surface area contributed by atoms with Crippen LogP contribution < -0.4 is 14.8 Å². The SMILES string of the molecule is COc1cc(NC(=O)C[C@H]2C[C@H]3CC[C@@H]2C3)c(C(=O)O)cc1OC. The molecule has 6 nitrogen and oxygen atoms in total. The summed E-state index contributed by atoms with van der Waals surface area (Å²) in [6.45, 7) is 0. The van der Waals surface area contributed by atoms with Crippen LogP contribution >= 0.6 is 0 Å². The molecular formula is C18H23NO5. The first-order valence-corrected chi connectivity index (χ1v) is 8.31. The number of rotatable bonds is 6. The maximum atomic E-state index is 12.4. The van der Waals surface area contributed by atoms with Gasteiger partial charge in [0.05, 0.1) is 25.5 Å². The zero-order chi connectivity index (χ0) is 17.3. The third-order valence-corrected chi connectivity index (χ3v) is 5.36. The Hall–Kier alpha value is -2.24. The van der Waals surface area contributed by atoms with E-state index in [4.69, 9.17) is 9.47 Å². The van der Waals surface area contributed by atoms with Crippen LogP contribution in [0.2, 0.25) is 0 Å². The molecule has 2 N–H and O–H groups in total. The van der Waals surface area contributed by atoms with Crippen molar-refractivity contribution in [2.24, 2.45) is 17.8 Å². The van der Waals surface area contributed by atoms with Crippen molar-refractivity contribution in [3.05, 3.63) is 17.7 Å². The molecule has 2 fully saturated rings. The van der Waals surface area contributed by atoms with Gasteiger partial charge in [-0.2, -0.15) is 0 Å². The number of carbonyl (C=O) groups is 2. The lowest BCUT2D eigenvalue weighted by Gasteiger charge is -2.21. The van der Waals surface area contributed by atoms with E-state index in [-0.39, 0.29) is 17.2 Å². The summed E-state index contributed by atoms with van der Waals surface area (Å²) in [6, 6.07) is 2.87. The molecule has 1 amide bonds. The average molecular weight is 333 g/mol. The van der Waals surface area contributed by atoms with E-state index < -0.39 is 5.97 Å². The van der Waals surface area contributed by atoms with Crippen molar-refractivity contribution in [2.45, 2.75) is 32.1 Å². The summed E-state index contributed by atoms with van der Waals surface area (Å²) in [5.74, 6) is 1.32. The number of hydrogen-bond acceptors (Lipinski definition) is 4. The van der Waals surface area contributed by atoms with Gasteiger partial charge in [-0.25, -0.2) is 4.79 Å². The number of methoxy groups -OCH3 is 2. The number of carboxylic acids is 1. The molecular weight excluding hydrogens is 310 g/mol. The molecule has 3 rings (SSSR count). The Kier molecular flexibility index (Phi) is 4.64. The normalized spacial score (nSPS) is 24.7. The molecule has 6 heteroatoms. The minimum absolute atomic E-state index is 0.00561. The Labute approximate surface area is 141 Å². The number of hydrogen-bond donors (Lipinski definition) is 2. The van der Waals surface area contributed by atoms with Crippen LogP contribution in [0.4, 0.5) is 5.69 Å². The molecule has 3 atom stereocenters. The molecule has 1 aromatic rings. The average Bonchev–Trinajstić information content (AvgIpc) is 3.16. The predicted molar refractivity (Wildman–Crippen MR) is 88.7 cm³/mol. The monoisotopic (exact) mass is 333 g/mol. The van der Waals surface area contributed by atoms with E-state index in [2.05, 4.69) is 5.32 Å². The Balaban J connectivity index is 1.75. The number of ether oxygens (including phenoxy) is 2. The summed E-state index contributed by atoms with van der Waals surface area (Å²) in [6.07, 6.45) is 5.33. The van der Waals surface area contributed by atoms with Gasteiger partial charge < -0.3 is 19.9 Å². The second-order valence-corrected chi connectivity index (χ2v) is 6.75. The van der Waals surface area contributed by atoms with Crippen molar-refractivity contribution in [1.29, 1.82) is 0 Å². The number of anilines is 1. The van der Waals surface area contributed by atoms with Gasteiger partial charge in [-0.3, -0.25) is 4.79 Å². The van der Waals surface area contributed by atoms with E-state index in [1.807, 2.05) is 0 Å². The third kappa shape index (κ3) is 3.18. The van der Waals surface area contributed by atoms with E-state index in [0.29, 0.717) is 29.8 Å². The summed E-state index contributed by atoms with van der Waals surface area (Å²) in [5, 5.41) is 12.1. The predicted octanol–water partition coefficient (Wildman–Crippen LogP) is 3.17. The lowest BCUT2D eigenvalue weighted by Crippen LogP contribution is -2.21. The van der Waals surface area contributed by atoms with Crippen molar-refractivity contribution >= 4 is 17.6 Å². The molecule has 24 heavy (non-hydrogen) atoms. The number of fused-ring (bicyclic) bond motifs is 2. The highest BCUT2D eigenvalue weighted by molar-refractivity contribution is 6.01. The van der Waals surface area contributed by atoms with Crippen LogP contribution in [-0.2, 0) is 4.79 Å². The van der Waals surface area contributed by atoms with E-state index >= 15 is 0 Å². The maximum absolute atomic E-state index is 12.4. The molecule has 0 heterocycles. The molecule has 0 saturated heterocycles. The van der Waals surface area contributed by atoms with Gasteiger partial charge in [0.25, 0.3) is 0 Å². The second kappa shape index (κ2) is 6.71. The van der Waals surface area contributed by atoms with Crippen LogP contribution in [-0.4, -0.2) is 31.2 Å². The Bertz CT molecular complexity index is 657. The van der Waals surface area contributed by atoms with Crippen LogP contribution in [0.25, 0.3) is 0 Å². The molecule has 0 aromatic heterocycles. The number of amides is 1. The largest absolute Gasteiger partial charge is 0.493 e. The van der Waals surface area contributed by atoms with Gasteiger partial charge in [0.15, 0.2) is 11.5 Å². The first kappa shape index (κ1) is 16.6. The molecule has 0 unspecified atom stereocenters. The van der Waals surface area contributed by atoms with E-state index in [9.17, 15) is 14.7 Å². The zero-order valence-corrected chi connectivity index (χ0v) is 14.0. The smallest absolute Gasteiger partial charge is 0.337 e. The summed E-state index contributed by atoms with van der Waals surface area (Å²) in [5.41, 5.74) is 0.238. The first-order valence-electron chi connectivity index (χ1n) is 8.31. The number of nitrogens with one attached hydrogen (secondary N) is 1. The minimum Gasteiger partial charge on any atom is -0.493 e. The Morgan fingerprint density at radius 1 is 1.17 bits per heavy atom. The summed E-state index contributed by atoms with van der Waals surface area (Å²) >= 11 is 0. The molecule has 130 valence electrons. The lowest BCUT2D eigenvalue weighted by atomic mass is 9.86. The van der Waals surface area contributed by atoms with Gasteiger partial charge >= 0.3 is 5.97 Å². The minimum atomic E-state index is -1.12. The Morgan fingerprint density at radius 3 is 2.42 bits per heavy atom. The van der Waals surface area contributed by atoms with Gasteiger partial charge in [-0.15, -0.1) is 0 Å². The fourth-order valence-corrected chi connectivity index (χ4v) is 4.23. The highest BCUT2D eigenvalue weighted by Gasteiger charge is 2.40. The molecule has 2 bridgehead atoms. The van der Waals surface area contributed by atoms with Gasteiger partial charge in [0.2, 0.25) is 5.91 Å². The Morgan fingerprint density at radius 2 is 1.88 bits per heavy atom. The number of benzene rings is 1. The standard InChI is InChI=1S/C18H23NO5/c1-23-15-8-13(18(21)22)14(9-16(15)24-2)19-17(20)7-12-6-10-3-4-11(12)5-10/h8-12H,3-7H2,1-2H3,(H,19,20)(H,21,22)/t10-,11+,12+/m0/s1. The molecule has 0 radical (unpaired) electrons. The van der Waals surface area contributed by atoms with Gasteiger partial charge in [-0.1, -0.05) is 6.42 Å². The van der Waals surface area contributed by atoms with Crippen LogP contribution in [0.15, 0.2) is 12.1 Å². The number of aromatic carboxylic acids is 1. The van der Waals surface area contributed by atoms with Crippen molar-refractivity contribution in [2.75, 3.05) is 19.5 Å². The van der Waals surface area contributed by atoms with E-state index in [1.54, 1.807) is 0 Å². The van der Waals surface area contributed by atoms with Crippen LogP contribution in [0.5, 0.6) is 11.5 Å². The zero-order valence-electron chi connectivity index (χ0n) is 14.0. The first-order chi connectivity index (χ1) is 11.5. The number of carbonyl (C=O) groups excluding carboxylic acids is 1. The molecule has 2 aliphatic rings. The maximum Gasteiger partial charge on any atom is 0.337 e. The molecule has 0 spiro atoms. The van der Waals surface area contributed by atoms with Crippen molar-refractivity contribution in [1.82, 2.24) is 0 Å². The summed E-state index contributed by atoms with van der Waals surface area (Å²) < 4.78 is 10.3. The molecule has 2 aliphatic carbocycles. The van der Waals surface area contributed by atoms with Gasteiger partial charge in [0.1, 0.15) is 0 Å². The summed E-state index contributed by atoms with van der Waals surface area (Å²) in [4.78, 5) is 23.9. The molecule has 1 aromatic carbocycles. The lowest BCUT2D eigenvalue weighted by molar-refractivity contribution is -0.117. The molecule has 0 aliphatic heterocycles. The number of carboxylic acid groups (broad SMARTS) is 1. The fourth-order valence-electron chi connectivity index (χ4n) is 4.23. The van der Waals surface area contributed by atoms with Crippen molar-refractivity contribution < 1.29 is 24.2 Å². The molecule has 2 saturated carbocycles. The topological polar surface area (TPSA) is 84.9 Å². The summed E-state index contributed by atoms with van der Waals surface area (Å²) in [7, 11) is 2.91. The van der Waals surface area contributed by atoms with Gasteiger partial charge in [0, 0.05) is 18.6 Å². The van der Waals surface area contributed by atoms with Gasteiger partial charge in [-0.05, 0) is 37.0 Å². The highest BCUT2D eigenvalue weighted by Crippen LogP contribution is 2.49. The highest BCUT2D eigenvalue weighted by atomic mass is 16.5. The quantitative estimate of drug-likeness (QED) is 0.835. The third-order valence-electron chi connectivity index (χ3n) is 5.36.